The van der Waals surface area contributed by atoms with Gasteiger partial charge in [0.05, 0.1) is 12.6 Å². The van der Waals surface area contributed by atoms with Crippen LogP contribution < -0.4 is 11.1 Å². The molecule has 1 rings (SSSR count). The van der Waals surface area contributed by atoms with E-state index in [9.17, 15) is 4.79 Å². The van der Waals surface area contributed by atoms with E-state index in [0.717, 1.165) is 6.42 Å². The van der Waals surface area contributed by atoms with Crippen LogP contribution in [0.15, 0.2) is 0 Å². The number of ether oxygens (including phenoxy) is 2. The van der Waals surface area contributed by atoms with Gasteiger partial charge in [0.2, 0.25) is 0 Å². The Morgan fingerprint density at radius 2 is 2.20 bits per heavy atom. The highest BCUT2D eigenvalue weighted by atomic mass is 16.6. The molecule has 0 saturated carbocycles. The first kappa shape index (κ1) is 12.3. The van der Waals surface area contributed by atoms with E-state index in [2.05, 4.69) is 5.32 Å². The van der Waals surface area contributed by atoms with Gasteiger partial charge in [0.1, 0.15) is 5.60 Å². The van der Waals surface area contributed by atoms with E-state index in [1.807, 2.05) is 20.8 Å². The van der Waals surface area contributed by atoms with Crippen molar-refractivity contribution in [3.05, 3.63) is 0 Å². The van der Waals surface area contributed by atoms with Gasteiger partial charge in [-0.15, -0.1) is 0 Å². The molecular formula is C10H20N2O3. The van der Waals surface area contributed by atoms with Gasteiger partial charge in [0.25, 0.3) is 0 Å². The van der Waals surface area contributed by atoms with E-state index in [4.69, 9.17) is 15.2 Å². The Hall–Kier alpha value is -0.810. The maximum Gasteiger partial charge on any atom is 0.407 e. The van der Waals surface area contributed by atoms with Gasteiger partial charge in [-0.05, 0) is 27.2 Å². The minimum absolute atomic E-state index is 0.0476. The van der Waals surface area contributed by atoms with Crippen molar-refractivity contribution in [2.24, 2.45) is 5.73 Å². The number of amides is 1. The van der Waals surface area contributed by atoms with E-state index in [1.165, 1.54) is 0 Å². The maximum atomic E-state index is 11.4. The molecule has 0 unspecified atom stereocenters. The van der Waals surface area contributed by atoms with Gasteiger partial charge >= 0.3 is 6.09 Å². The minimum Gasteiger partial charge on any atom is -0.444 e. The molecule has 1 aliphatic rings. The fraction of sp³-hybridized carbons (Fsp3) is 0.900. The third-order valence-electron chi connectivity index (χ3n) is 2.10. The van der Waals surface area contributed by atoms with E-state index in [1.54, 1.807) is 0 Å². The Morgan fingerprint density at radius 1 is 1.53 bits per heavy atom. The summed E-state index contributed by atoms with van der Waals surface area (Å²) in [5, 5.41) is 2.76. The van der Waals surface area contributed by atoms with Crippen molar-refractivity contribution in [3.63, 3.8) is 0 Å². The van der Waals surface area contributed by atoms with Crippen molar-refractivity contribution in [2.45, 2.75) is 44.9 Å². The van der Waals surface area contributed by atoms with Crippen molar-refractivity contribution >= 4 is 6.09 Å². The van der Waals surface area contributed by atoms with E-state index in [0.29, 0.717) is 13.2 Å². The second-order valence-corrected chi connectivity index (χ2v) is 4.78. The Labute approximate surface area is 90.3 Å². The molecule has 0 aromatic heterocycles. The van der Waals surface area contributed by atoms with Crippen LogP contribution in [0.2, 0.25) is 0 Å². The lowest BCUT2D eigenvalue weighted by molar-refractivity contribution is 0.0342. The van der Waals surface area contributed by atoms with Crippen LogP contribution in [0.3, 0.4) is 0 Å². The van der Waals surface area contributed by atoms with Crippen LogP contribution in [0.25, 0.3) is 0 Å². The van der Waals surface area contributed by atoms with Gasteiger partial charge in [-0.1, -0.05) is 0 Å². The van der Waals surface area contributed by atoms with Crippen molar-refractivity contribution in [2.75, 3.05) is 13.2 Å². The Bertz CT molecular complexity index is 225. The first-order chi connectivity index (χ1) is 6.88. The summed E-state index contributed by atoms with van der Waals surface area (Å²) in [5.74, 6) is 0. The number of carbonyl (C=O) groups excluding carboxylic acids is 1. The molecule has 0 aromatic rings. The van der Waals surface area contributed by atoms with E-state index >= 15 is 0 Å². The summed E-state index contributed by atoms with van der Waals surface area (Å²) in [6.07, 6.45) is 0.324. The summed E-state index contributed by atoms with van der Waals surface area (Å²) in [5.41, 5.74) is 5.32. The third-order valence-corrected chi connectivity index (χ3v) is 2.10. The van der Waals surface area contributed by atoms with Gasteiger partial charge in [-0.3, -0.25) is 0 Å². The van der Waals surface area contributed by atoms with Gasteiger partial charge < -0.3 is 20.5 Å². The van der Waals surface area contributed by atoms with Gasteiger partial charge in [-0.2, -0.15) is 0 Å². The zero-order valence-electron chi connectivity index (χ0n) is 9.58. The number of hydrogen-bond donors (Lipinski definition) is 2. The highest BCUT2D eigenvalue weighted by Crippen LogP contribution is 2.09. The first-order valence-electron chi connectivity index (χ1n) is 5.21. The largest absolute Gasteiger partial charge is 0.444 e. The predicted octanol–water partition coefficient (Wildman–Crippen LogP) is 0.627. The molecule has 0 spiro atoms. The summed E-state index contributed by atoms with van der Waals surface area (Å²) >= 11 is 0. The number of hydrogen-bond acceptors (Lipinski definition) is 4. The number of carbonyl (C=O) groups is 1. The van der Waals surface area contributed by atoms with Gasteiger partial charge in [0, 0.05) is 12.6 Å². The van der Waals surface area contributed by atoms with Crippen LogP contribution in [0, 0.1) is 0 Å². The lowest BCUT2D eigenvalue weighted by atomic mass is 10.1. The van der Waals surface area contributed by atoms with Crippen LogP contribution >= 0.6 is 0 Å². The Balaban J connectivity index is 2.36. The molecule has 5 heteroatoms. The molecule has 1 amide bonds. The molecule has 1 heterocycles. The van der Waals surface area contributed by atoms with Crippen LogP contribution in [0.1, 0.15) is 27.2 Å². The monoisotopic (exact) mass is 216 g/mol. The van der Waals surface area contributed by atoms with Crippen molar-refractivity contribution in [1.82, 2.24) is 5.32 Å². The molecule has 0 aromatic carbocycles. The van der Waals surface area contributed by atoms with Gasteiger partial charge in [0.15, 0.2) is 0 Å². The molecule has 0 radical (unpaired) electrons. The standard InChI is InChI=1S/C10H20N2O3/c1-10(2,3)15-9(13)12-8-4-5-14-6-7(8)11/h7-8H,4-6,11H2,1-3H3,(H,12,13)/t7-,8+/m0/s1. The lowest BCUT2D eigenvalue weighted by Gasteiger charge is -2.30. The molecule has 88 valence electrons. The molecule has 1 aliphatic heterocycles. The van der Waals surface area contributed by atoms with E-state index < -0.39 is 11.7 Å². The smallest absolute Gasteiger partial charge is 0.407 e. The molecule has 5 nitrogen and oxygen atoms in total. The van der Waals surface area contributed by atoms with Crippen molar-refractivity contribution in [3.8, 4) is 0 Å². The summed E-state index contributed by atoms with van der Waals surface area (Å²) in [6, 6.07) is -0.195. The second-order valence-electron chi connectivity index (χ2n) is 4.78. The van der Waals surface area contributed by atoms with E-state index in [-0.39, 0.29) is 12.1 Å². The highest BCUT2D eigenvalue weighted by molar-refractivity contribution is 5.68. The quantitative estimate of drug-likeness (QED) is 0.674. The number of rotatable bonds is 1. The predicted molar refractivity (Wildman–Crippen MR) is 56.6 cm³/mol. The van der Waals surface area contributed by atoms with Crippen LogP contribution in [0.5, 0.6) is 0 Å². The molecule has 0 aliphatic carbocycles. The topological polar surface area (TPSA) is 73.6 Å². The molecule has 2 atom stereocenters. The Kier molecular flexibility index (Phi) is 3.93. The van der Waals surface area contributed by atoms with Crippen molar-refractivity contribution < 1.29 is 14.3 Å². The minimum atomic E-state index is -0.473. The maximum absolute atomic E-state index is 11.4. The SMILES string of the molecule is CC(C)(C)OC(=O)N[C@@H]1CCOC[C@@H]1N. The molecule has 1 saturated heterocycles. The normalized spacial score (nSPS) is 27.2. The second kappa shape index (κ2) is 4.81. The molecule has 15 heavy (non-hydrogen) atoms. The molecular weight excluding hydrogens is 196 g/mol. The summed E-state index contributed by atoms with van der Waals surface area (Å²) in [7, 11) is 0. The molecule has 1 fully saturated rings. The highest BCUT2D eigenvalue weighted by Gasteiger charge is 2.26. The van der Waals surface area contributed by atoms with Crippen LogP contribution in [-0.4, -0.2) is 37.0 Å². The average molecular weight is 216 g/mol. The zero-order valence-corrected chi connectivity index (χ0v) is 9.58. The zero-order chi connectivity index (χ0) is 11.5. The summed E-state index contributed by atoms with van der Waals surface area (Å²) in [6.45, 7) is 6.61. The lowest BCUT2D eigenvalue weighted by Crippen LogP contribution is -2.53. The number of nitrogens with two attached hydrogens (primary N) is 1. The fourth-order valence-corrected chi connectivity index (χ4v) is 1.40. The number of nitrogens with one attached hydrogen (secondary N) is 1. The third kappa shape index (κ3) is 4.48. The van der Waals surface area contributed by atoms with Crippen LogP contribution in [0.4, 0.5) is 4.79 Å². The summed E-state index contributed by atoms with van der Waals surface area (Å²) in [4.78, 5) is 11.4. The Morgan fingerprint density at radius 3 is 2.73 bits per heavy atom. The van der Waals surface area contributed by atoms with Gasteiger partial charge in [-0.25, -0.2) is 4.79 Å². The summed E-state index contributed by atoms with van der Waals surface area (Å²) < 4.78 is 10.3. The van der Waals surface area contributed by atoms with Crippen LogP contribution in [-0.2, 0) is 9.47 Å². The average Bonchev–Trinajstić information content (AvgIpc) is 2.05. The van der Waals surface area contributed by atoms with Crippen molar-refractivity contribution in [1.29, 1.82) is 0 Å². The molecule has 3 N–H and O–H groups in total. The first-order valence-corrected chi connectivity index (χ1v) is 5.21. The number of alkyl carbamates (subject to hydrolysis) is 1. The molecule has 0 bridgehead atoms. The fourth-order valence-electron chi connectivity index (χ4n) is 1.40.